The van der Waals surface area contributed by atoms with Gasteiger partial charge >= 0.3 is 5.97 Å². The van der Waals surface area contributed by atoms with Crippen LogP contribution in [0.25, 0.3) is 0 Å². The lowest BCUT2D eigenvalue weighted by atomic mass is 9.84. The van der Waals surface area contributed by atoms with Crippen molar-refractivity contribution >= 4 is 11.9 Å². The van der Waals surface area contributed by atoms with Gasteiger partial charge in [-0.05, 0) is 31.2 Å². The zero-order chi connectivity index (χ0) is 14.0. The number of carboxylic acid groups (broad SMARTS) is 1. The summed E-state index contributed by atoms with van der Waals surface area (Å²) >= 11 is 0. The molecule has 0 fully saturated rings. The van der Waals surface area contributed by atoms with Crippen molar-refractivity contribution in [3.63, 3.8) is 0 Å². The average molecular weight is 258 g/mol. The lowest BCUT2D eigenvalue weighted by Gasteiger charge is -2.23. The molecular weight excluding hydrogens is 232 g/mol. The van der Waals surface area contributed by atoms with E-state index in [1.807, 2.05) is 13.8 Å². The second-order valence-electron chi connectivity index (χ2n) is 5.33. The molecule has 0 aliphatic carbocycles. The normalized spacial score (nSPS) is 11.3. The first-order valence-electron chi connectivity index (χ1n) is 6.56. The van der Waals surface area contributed by atoms with Crippen LogP contribution >= 0.6 is 0 Å². The van der Waals surface area contributed by atoms with Gasteiger partial charge in [-0.3, -0.25) is 9.59 Å². The fourth-order valence-electron chi connectivity index (χ4n) is 1.55. The lowest BCUT2D eigenvalue weighted by Crippen LogP contribution is -2.36. The fourth-order valence-corrected chi connectivity index (χ4v) is 1.55. The Morgan fingerprint density at radius 1 is 1.17 bits per heavy atom. The summed E-state index contributed by atoms with van der Waals surface area (Å²) in [5.41, 5.74) is -0.0531. The highest BCUT2D eigenvalue weighted by Gasteiger charge is 2.19. The highest BCUT2D eigenvalue weighted by atomic mass is 16.4. The third kappa shape index (κ3) is 10.1. The Morgan fingerprint density at radius 3 is 2.39 bits per heavy atom. The minimum atomic E-state index is -0.768. The minimum absolute atomic E-state index is 0.00233. The van der Waals surface area contributed by atoms with Crippen molar-refractivity contribution in [3.8, 4) is 0 Å². The third-order valence-corrected chi connectivity index (χ3v) is 2.85. The van der Waals surface area contributed by atoms with Crippen molar-refractivity contribution < 1.29 is 14.7 Å². The molecule has 0 saturated heterocycles. The van der Waals surface area contributed by atoms with Gasteiger partial charge in [0.2, 0.25) is 5.91 Å². The summed E-state index contributed by atoms with van der Waals surface area (Å²) in [5, 5.41) is 14.5. The van der Waals surface area contributed by atoms with Crippen molar-refractivity contribution in [3.05, 3.63) is 0 Å². The molecule has 5 nitrogen and oxygen atoms in total. The fraction of sp³-hybridized carbons (Fsp3) is 0.846. The Bertz CT molecular complexity index is 265. The van der Waals surface area contributed by atoms with E-state index in [0.717, 1.165) is 19.4 Å². The molecule has 0 spiro atoms. The van der Waals surface area contributed by atoms with E-state index in [1.165, 1.54) is 0 Å². The van der Waals surface area contributed by atoms with Gasteiger partial charge in [0.25, 0.3) is 0 Å². The monoisotopic (exact) mass is 258 g/mol. The number of carboxylic acids is 1. The molecule has 106 valence electrons. The largest absolute Gasteiger partial charge is 0.481 e. The van der Waals surface area contributed by atoms with E-state index in [9.17, 15) is 9.59 Å². The molecule has 0 rings (SSSR count). The first kappa shape index (κ1) is 16.9. The molecule has 0 aromatic rings. The van der Waals surface area contributed by atoms with E-state index in [2.05, 4.69) is 17.6 Å². The van der Waals surface area contributed by atoms with Crippen LogP contribution in [0.2, 0.25) is 0 Å². The van der Waals surface area contributed by atoms with Crippen molar-refractivity contribution in [2.24, 2.45) is 5.41 Å². The van der Waals surface area contributed by atoms with Crippen LogP contribution in [-0.2, 0) is 9.59 Å². The van der Waals surface area contributed by atoms with E-state index in [4.69, 9.17) is 5.11 Å². The first-order chi connectivity index (χ1) is 8.37. The zero-order valence-electron chi connectivity index (χ0n) is 11.7. The standard InChI is InChI=1S/C13H26N2O3/c1-4-8-14-10-11(16)15-9-7-13(2,3)6-5-12(17)18/h14H,4-10H2,1-3H3,(H,15,16)(H,17,18). The first-order valence-corrected chi connectivity index (χ1v) is 6.56. The number of aliphatic carboxylic acids is 1. The highest BCUT2D eigenvalue weighted by Crippen LogP contribution is 2.25. The van der Waals surface area contributed by atoms with Crippen molar-refractivity contribution in [1.82, 2.24) is 10.6 Å². The molecule has 0 aromatic heterocycles. The smallest absolute Gasteiger partial charge is 0.303 e. The average Bonchev–Trinajstić information content (AvgIpc) is 2.27. The molecule has 18 heavy (non-hydrogen) atoms. The van der Waals surface area contributed by atoms with Crippen molar-refractivity contribution in [2.75, 3.05) is 19.6 Å². The van der Waals surface area contributed by atoms with E-state index in [0.29, 0.717) is 19.5 Å². The summed E-state index contributed by atoms with van der Waals surface area (Å²) in [6.07, 6.45) is 2.61. The third-order valence-electron chi connectivity index (χ3n) is 2.85. The predicted molar refractivity (Wildman–Crippen MR) is 71.4 cm³/mol. The van der Waals surface area contributed by atoms with Gasteiger partial charge in [-0.2, -0.15) is 0 Å². The molecule has 1 amide bonds. The number of hydrogen-bond donors (Lipinski definition) is 3. The van der Waals surface area contributed by atoms with Crippen LogP contribution in [0.4, 0.5) is 0 Å². The van der Waals surface area contributed by atoms with Crippen LogP contribution in [-0.4, -0.2) is 36.6 Å². The number of rotatable bonds is 10. The van der Waals surface area contributed by atoms with E-state index >= 15 is 0 Å². The molecule has 0 heterocycles. The summed E-state index contributed by atoms with van der Waals surface area (Å²) in [4.78, 5) is 21.9. The van der Waals surface area contributed by atoms with Crippen LogP contribution in [0.1, 0.15) is 46.5 Å². The molecule has 0 unspecified atom stereocenters. The summed E-state index contributed by atoms with van der Waals surface area (Å²) in [6.45, 7) is 7.89. The number of hydrogen-bond acceptors (Lipinski definition) is 3. The molecule has 0 aliphatic rings. The molecule has 0 saturated carbocycles. The second kappa shape index (κ2) is 8.91. The summed E-state index contributed by atoms with van der Waals surface area (Å²) in [6, 6.07) is 0. The number of carbonyl (C=O) groups is 2. The Balaban J connectivity index is 3.68. The van der Waals surface area contributed by atoms with Gasteiger partial charge in [-0.1, -0.05) is 20.8 Å². The maximum absolute atomic E-state index is 11.4. The molecule has 0 aliphatic heterocycles. The Kier molecular flexibility index (Phi) is 8.37. The van der Waals surface area contributed by atoms with Crippen molar-refractivity contribution in [2.45, 2.75) is 46.5 Å². The second-order valence-corrected chi connectivity index (χ2v) is 5.33. The van der Waals surface area contributed by atoms with Gasteiger partial charge in [0, 0.05) is 13.0 Å². The van der Waals surface area contributed by atoms with Gasteiger partial charge in [0.15, 0.2) is 0 Å². The predicted octanol–water partition coefficient (Wildman–Crippen LogP) is 1.38. The zero-order valence-corrected chi connectivity index (χ0v) is 11.7. The maximum Gasteiger partial charge on any atom is 0.303 e. The van der Waals surface area contributed by atoms with Gasteiger partial charge < -0.3 is 15.7 Å². The van der Waals surface area contributed by atoms with E-state index in [1.54, 1.807) is 0 Å². The SMILES string of the molecule is CCCNCC(=O)NCCC(C)(C)CCC(=O)O. The molecule has 0 radical (unpaired) electrons. The van der Waals surface area contributed by atoms with Crippen molar-refractivity contribution in [1.29, 1.82) is 0 Å². The Hall–Kier alpha value is -1.10. The molecule has 3 N–H and O–H groups in total. The van der Waals surface area contributed by atoms with Crippen LogP contribution < -0.4 is 10.6 Å². The Morgan fingerprint density at radius 2 is 1.83 bits per heavy atom. The van der Waals surface area contributed by atoms with E-state index < -0.39 is 5.97 Å². The number of carbonyl (C=O) groups excluding carboxylic acids is 1. The number of amides is 1. The highest BCUT2D eigenvalue weighted by molar-refractivity contribution is 5.77. The van der Waals surface area contributed by atoms with Gasteiger partial charge in [-0.25, -0.2) is 0 Å². The topological polar surface area (TPSA) is 78.4 Å². The summed E-state index contributed by atoms with van der Waals surface area (Å²) in [5.74, 6) is -0.770. The van der Waals surface area contributed by atoms with Crippen LogP contribution in [0.15, 0.2) is 0 Å². The van der Waals surface area contributed by atoms with Crippen LogP contribution in [0.3, 0.4) is 0 Å². The summed E-state index contributed by atoms with van der Waals surface area (Å²) in [7, 11) is 0. The maximum atomic E-state index is 11.4. The molecule has 0 aromatic carbocycles. The molecule has 5 heteroatoms. The molecule has 0 atom stereocenters. The van der Waals surface area contributed by atoms with Gasteiger partial charge in [-0.15, -0.1) is 0 Å². The van der Waals surface area contributed by atoms with E-state index in [-0.39, 0.29) is 17.7 Å². The van der Waals surface area contributed by atoms with Gasteiger partial charge in [0.1, 0.15) is 0 Å². The lowest BCUT2D eigenvalue weighted by molar-refractivity contribution is -0.137. The minimum Gasteiger partial charge on any atom is -0.481 e. The Labute approximate surface area is 109 Å². The quantitative estimate of drug-likeness (QED) is 0.517. The molecular formula is C13H26N2O3. The van der Waals surface area contributed by atoms with Gasteiger partial charge in [0.05, 0.1) is 6.54 Å². The molecule has 0 bridgehead atoms. The van der Waals surface area contributed by atoms with Crippen LogP contribution in [0.5, 0.6) is 0 Å². The number of nitrogens with one attached hydrogen (secondary N) is 2. The summed E-state index contributed by atoms with van der Waals surface area (Å²) < 4.78 is 0. The van der Waals surface area contributed by atoms with Crippen LogP contribution in [0, 0.1) is 5.41 Å².